The molecule has 0 spiro atoms. The first kappa shape index (κ1) is 9.86. The number of aromatic nitrogens is 2. The average Bonchev–Trinajstić information content (AvgIpc) is 2.30. The molecule has 1 heterocycles. The Bertz CT molecular complexity index is 501. The lowest BCUT2D eigenvalue weighted by Gasteiger charge is -2.06. The van der Waals surface area contributed by atoms with Crippen LogP contribution in [0.4, 0.5) is 0 Å². The molecule has 0 radical (unpaired) electrons. The van der Waals surface area contributed by atoms with Gasteiger partial charge in [-0.05, 0) is 12.1 Å². The smallest absolute Gasteiger partial charge is 0.128 e. The Morgan fingerprint density at radius 2 is 2.13 bits per heavy atom. The minimum absolute atomic E-state index is 0.619. The molecule has 1 aromatic heterocycles. The molecular weight excluding hydrogens is 208 g/mol. The van der Waals surface area contributed by atoms with Crippen LogP contribution in [0.2, 0.25) is 0 Å². The van der Waals surface area contributed by atoms with Crippen LogP contribution in [0.5, 0.6) is 5.75 Å². The topological polar surface area (TPSA) is 37.9 Å². The molecule has 0 fully saturated rings. The van der Waals surface area contributed by atoms with Crippen LogP contribution in [-0.2, 0) is 0 Å². The van der Waals surface area contributed by atoms with Crippen LogP contribution in [0.15, 0.2) is 36.7 Å². The van der Waals surface area contributed by atoms with E-state index in [1.165, 1.54) is 0 Å². The number of hydrogen-bond acceptors (Lipinski definition) is 3. The highest BCUT2D eigenvalue weighted by Crippen LogP contribution is 2.26. The minimum atomic E-state index is 0.619. The van der Waals surface area contributed by atoms with Crippen LogP contribution in [0.1, 0.15) is 0 Å². The number of nitrogens with zero attached hydrogens (tertiary/aromatic N) is 1. The molecule has 2 aromatic rings. The molecule has 1 N–H and O–H groups in total. The molecule has 0 bridgehead atoms. The van der Waals surface area contributed by atoms with Crippen LogP contribution in [0.25, 0.3) is 11.3 Å². The first-order valence-electron chi connectivity index (χ1n) is 4.49. The van der Waals surface area contributed by atoms with Crippen molar-refractivity contribution in [1.29, 1.82) is 0 Å². The summed E-state index contributed by atoms with van der Waals surface area (Å²) in [5.41, 5.74) is 1.77. The standard InChI is InChI=1S/C11H10N2OS/c1-14-10-5-3-2-4-8(10)9-6-13-11(15)7-12-9/h2-7H,1H3,(H,13,15). The van der Waals surface area contributed by atoms with Gasteiger partial charge in [0.05, 0.1) is 19.0 Å². The predicted octanol–water partition coefficient (Wildman–Crippen LogP) is 2.81. The highest BCUT2D eigenvalue weighted by molar-refractivity contribution is 7.71. The monoisotopic (exact) mass is 218 g/mol. The van der Waals surface area contributed by atoms with E-state index in [0.29, 0.717) is 4.64 Å². The fraction of sp³-hybridized carbons (Fsp3) is 0.0909. The highest BCUT2D eigenvalue weighted by atomic mass is 32.1. The van der Waals surface area contributed by atoms with Crippen LogP contribution in [0, 0.1) is 4.64 Å². The number of hydrogen-bond donors (Lipinski definition) is 1. The Morgan fingerprint density at radius 3 is 2.80 bits per heavy atom. The van der Waals surface area contributed by atoms with Gasteiger partial charge in [-0.3, -0.25) is 4.98 Å². The largest absolute Gasteiger partial charge is 0.496 e. The summed E-state index contributed by atoms with van der Waals surface area (Å²) < 4.78 is 5.87. The Morgan fingerprint density at radius 1 is 1.33 bits per heavy atom. The lowest BCUT2D eigenvalue weighted by molar-refractivity contribution is 0.416. The Hall–Kier alpha value is -1.68. The van der Waals surface area contributed by atoms with E-state index in [4.69, 9.17) is 17.0 Å². The summed E-state index contributed by atoms with van der Waals surface area (Å²) in [6, 6.07) is 7.73. The summed E-state index contributed by atoms with van der Waals surface area (Å²) in [7, 11) is 1.64. The van der Waals surface area contributed by atoms with Crippen LogP contribution >= 0.6 is 12.2 Å². The van der Waals surface area contributed by atoms with Crippen molar-refractivity contribution in [2.45, 2.75) is 0 Å². The van der Waals surface area contributed by atoms with Gasteiger partial charge in [0.15, 0.2) is 0 Å². The van der Waals surface area contributed by atoms with Gasteiger partial charge in [0.2, 0.25) is 0 Å². The fourth-order valence-corrected chi connectivity index (χ4v) is 1.46. The van der Waals surface area contributed by atoms with E-state index in [-0.39, 0.29) is 0 Å². The number of aromatic amines is 1. The zero-order chi connectivity index (χ0) is 10.7. The first-order valence-corrected chi connectivity index (χ1v) is 4.90. The molecule has 3 nitrogen and oxygen atoms in total. The van der Waals surface area contributed by atoms with Crippen molar-refractivity contribution < 1.29 is 4.74 Å². The normalized spacial score (nSPS) is 9.93. The van der Waals surface area contributed by atoms with Gasteiger partial charge in [-0.15, -0.1) is 0 Å². The second-order valence-electron chi connectivity index (χ2n) is 3.00. The van der Waals surface area contributed by atoms with Crippen molar-refractivity contribution in [3.05, 3.63) is 41.3 Å². The van der Waals surface area contributed by atoms with Crippen molar-refractivity contribution in [2.75, 3.05) is 7.11 Å². The van der Waals surface area contributed by atoms with Gasteiger partial charge in [0.25, 0.3) is 0 Å². The molecule has 0 amide bonds. The molecule has 2 rings (SSSR count). The summed E-state index contributed by atoms with van der Waals surface area (Å²) in [5.74, 6) is 0.801. The zero-order valence-electron chi connectivity index (χ0n) is 8.23. The average molecular weight is 218 g/mol. The van der Waals surface area contributed by atoms with Crippen LogP contribution < -0.4 is 4.74 Å². The summed E-state index contributed by atoms with van der Waals surface area (Å²) in [4.78, 5) is 7.19. The molecule has 0 aliphatic carbocycles. The van der Waals surface area contributed by atoms with Gasteiger partial charge in [-0.25, -0.2) is 0 Å². The molecule has 4 heteroatoms. The van der Waals surface area contributed by atoms with Crippen LogP contribution in [0.3, 0.4) is 0 Å². The van der Waals surface area contributed by atoms with Crippen molar-refractivity contribution >= 4 is 12.2 Å². The number of nitrogens with one attached hydrogen (secondary N) is 1. The molecule has 0 saturated carbocycles. The second kappa shape index (κ2) is 4.23. The summed E-state index contributed by atoms with van der Waals surface area (Å²) in [6.45, 7) is 0. The Labute approximate surface area is 92.8 Å². The molecule has 0 aliphatic rings. The van der Waals surface area contributed by atoms with Gasteiger partial charge in [-0.2, -0.15) is 0 Å². The van der Waals surface area contributed by atoms with E-state index in [9.17, 15) is 0 Å². The van der Waals surface area contributed by atoms with E-state index < -0.39 is 0 Å². The molecule has 0 saturated heterocycles. The van der Waals surface area contributed by atoms with Gasteiger partial charge >= 0.3 is 0 Å². The molecular formula is C11H10N2OS. The number of benzene rings is 1. The SMILES string of the molecule is COc1ccccc1-c1c[nH]c(=S)cn1. The van der Waals surface area contributed by atoms with Gasteiger partial charge in [0.1, 0.15) is 10.4 Å². The number of methoxy groups -OCH3 is 1. The lowest BCUT2D eigenvalue weighted by Crippen LogP contribution is -1.90. The third-order valence-electron chi connectivity index (χ3n) is 2.05. The molecule has 15 heavy (non-hydrogen) atoms. The van der Waals surface area contributed by atoms with Crippen molar-refractivity contribution in [1.82, 2.24) is 9.97 Å². The third kappa shape index (κ3) is 2.05. The van der Waals surface area contributed by atoms with E-state index >= 15 is 0 Å². The maximum absolute atomic E-state index is 5.25. The molecule has 76 valence electrons. The quantitative estimate of drug-likeness (QED) is 0.788. The van der Waals surface area contributed by atoms with Crippen molar-refractivity contribution in [2.24, 2.45) is 0 Å². The summed E-state index contributed by atoms with van der Waals surface area (Å²) in [5, 5.41) is 0. The second-order valence-corrected chi connectivity index (χ2v) is 3.44. The summed E-state index contributed by atoms with van der Waals surface area (Å²) >= 11 is 4.93. The van der Waals surface area contributed by atoms with Gasteiger partial charge in [-0.1, -0.05) is 24.4 Å². The molecule has 0 aliphatic heterocycles. The number of para-hydroxylation sites is 1. The van der Waals surface area contributed by atoms with E-state index in [1.807, 2.05) is 24.3 Å². The first-order chi connectivity index (χ1) is 7.31. The number of rotatable bonds is 2. The van der Waals surface area contributed by atoms with Gasteiger partial charge < -0.3 is 9.72 Å². The fourth-order valence-electron chi connectivity index (χ4n) is 1.35. The minimum Gasteiger partial charge on any atom is -0.496 e. The zero-order valence-corrected chi connectivity index (χ0v) is 9.04. The maximum Gasteiger partial charge on any atom is 0.128 e. The van der Waals surface area contributed by atoms with Gasteiger partial charge in [0, 0.05) is 11.8 Å². The van der Waals surface area contributed by atoms with Crippen molar-refractivity contribution in [3.8, 4) is 17.0 Å². The highest BCUT2D eigenvalue weighted by Gasteiger charge is 2.04. The summed E-state index contributed by atoms with van der Waals surface area (Å²) in [6.07, 6.45) is 3.40. The Balaban J connectivity index is 2.53. The number of H-pyrrole nitrogens is 1. The predicted molar refractivity (Wildman–Crippen MR) is 61.4 cm³/mol. The van der Waals surface area contributed by atoms with E-state index in [1.54, 1.807) is 19.5 Å². The molecule has 0 unspecified atom stereocenters. The van der Waals surface area contributed by atoms with E-state index in [0.717, 1.165) is 17.0 Å². The Kier molecular flexibility index (Phi) is 2.78. The third-order valence-corrected chi connectivity index (χ3v) is 2.28. The molecule has 1 aromatic carbocycles. The maximum atomic E-state index is 5.25. The van der Waals surface area contributed by atoms with Crippen LogP contribution in [-0.4, -0.2) is 17.1 Å². The molecule has 0 atom stereocenters. The van der Waals surface area contributed by atoms with E-state index in [2.05, 4.69) is 9.97 Å². The number of ether oxygens (including phenoxy) is 1. The lowest BCUT2D eigenvalue weighted by atomic mass is 10.1. The van der Waals surface area contributed by atoms with Crippen molar-refractivity contribution in [3.63, 3.8) is 0 Å².